The number of rotatable bonds is 6. The lowest BCUT2D eigenvalue weighted by Crippen LogP contribution is -2.28. The third-order valence-electron chi connectivity index (χ3n) is 6.49. The third-order valence-corrected chi connectivity index (χ3v) is 7.60. The smallest absolute Gasteiger partial charge is 0.269 e. The van der Waals surface area contributed by atoms with E-state index in [4.69, 9.17) is 21.2 Å². The Morgan fingerprint density at radius 1 is 1.16 bits per heavy atom. The van der Waals surface area contributed by atoms with Gasteiger partial charge in [0, 0.05) is 47.7 Å². The van der Waals surface area contributed by atoms with Crippen molar-refractivity contribution in [3.05, 3.63) is 47.8 Å². The van der Waals surface area contributed by atoms with Crippen LogP contribution in [0, 0.1) is 6.92 Å². The molecule has 11 nitrogen and oxygen atoms in total. The van der Waals surface area contributed by atoms with Gasteiger partial charge in [0.05, 0.1) is 28.0 Å². The second-order valence-electron chi connectivity index (χ2n) is 9.12. The summed E-state index contributed by atoms with van der Waals surface area (Å²) in [5.41, 5.74) is 15.7. The molecular formula is C25H27N7O4S. The minimum absolute atomic E-state index is 0.0553. The molecule has 2 aromatic carbocycles. The molecule has 0 aliphatic carbocycles. The number of aryl methyl sites for hydroxylation is 1. The van der Waals surface area contributed by atoms with Crippen LogP contribution >= 0.6 is 0 Å². The van der Waals surface area contributed by atoms with E-state index < -0.39 is 15.7 Å². The fourth-order valence-corrected chi connectivity index (χ4v) is 5.19. The minimum atomic E-state index is -3.48. The molecule has 12 heteroatoms. The zero-order valence-electron chi connectivity index (χ0n) is 20.4. The Labute approximate surface area is 213 Å². The van der Waals surface area contributed by atoms with Crippen LogP contribution in [0.1, 0.15) is 28.9 Å². The van der Waals surface area contributed by atoms with Crippen molar-refractivity contribution in [2.24, 2.45) is 5.73 Å². The summed E-state index contributed by atoms with van der Waals surface area (Å²) in [7, 11) is -3.48. The number of nitrogens with one attached hydrogen (secondary N) is 2. The fourth-order valence-electron chi connectivity index (χ4n) is 4.54. The lowest BCUT2D eigenvalue weighted by molar-refractivity contribution is 0.0904. The third kappa shape index (κ3) is 4.72. The van der Waals surface area contributed by atoms with Crippen molar-refractivity contribution >= 4 is 38.0 Å². The summed E-state index contributed by atoms with van der Waals surface area (Å²) in [5.74, 6) is -0.612. The number of ether oxygens (including phenoxy) is 1. The van der Waals surface area contributed by atoms with Gasteiger partial charge >= 0.3 is 0 Å². The molecule has 0 saturated carbocycles. The van der Waals surface area contributed by atoms with Gasteiger partial charge in [-0.05, 0) is 49.6 Å². The highest BCUT2D eigenvalue weighted by molar-refractivity contribution is 7.90. The first kappa shape index (κ1) is 24.7. The highest BCUT2D eigenvalue weighted by Gasteiger charge is 2.24. The summed E-state index contributed by atoms with van der Waals surface area (Å²) >= 11 is 0. The molecule has 1 aliphatic heterocycles. The SMILES string of the molecule is Cc1ccc2[nH]ncc2c1-c1nc(-c2ccc(S(C)(=O)=O)cc2NC2CCOCC2)nc(C(N)=O)c1N. The van der Waals surface area contributed by atoms with Gasteiger partial charge in [-0.3, -0.25) is 9.89 Å². The summed E-state index contributed by atoms with van der Waals surface area (Å²) in [4.78, 5) is 21.8. The molecule has 192 valence electrons. The maximum atomic E-state index is 12.4. The van der Waals surface area contributed by atoms with Crippen LogP contribution in [0.15, 0.2) is 41.4 Å². The maximum absolute atomic E-state index is 12.4. The topological polar surface area (TPSA) is 179 Å². The summed E-state index contributed by atoms with van der Waals surface area (Å²) in [6, 6.07) is 8.54. The number of primary amides is 1. The van der Waals surface area contributed by atoms with E-state index in [1.807, 2.05) is 19.1 Å². The molecule has 0 atom stereocenters. The lowest BCUT2D eigenvalue weighted by atomic mass is 9.99. The predicted molar refractivity (Wildman–Crippen MR) is 141 cm³/mol. The number of H-pyrrole nitrogens is 1. The summed E-state index contributed by atoms with van der Waals surface area (Å²) in [6.45, 7) is 3.11. The van der Waals surface area contributed by atoms with E-state index in [-0.39, 0.29) is 28.1 Å². The zero-order chi connectivity index (χ0) is 26.3. The highest BCUT2D eigenvalue weighted by Crippen LogP contribution is 2.37. The number of hydrogen-bond donors (Lipinski definition) is 4. The number of sulfone groups is 1. The van der Waals surface area contributed by atoms with Gasteiger partial charge in [-0.1, -0.05) is 6.07 Å². The number of carbonyl (C=O) groups excluding carboxylic acids is 1. The van der Waals surface area contributed by atoms with Crippen LogP contribution < -0.4 is 16.8 Å². The first-order valence-electron chi connectivity index (χ1n) is 11.7. The molecular weight excluding hydrogens is 494 g/mol. The number of nitrogens with two attached hydrogens (primary N) is 2. The van der Waals surface area contributed by atoms with Crippen molar-refractivity contribution < 1.29 is 17.9 Å². The van der Waals surface area contributed by atoms with Crippen LogP contribution in [0.2, 0.25) is 0 Å². The first-order valence-corrected chi connectivity index (χ1v) is 13.6. The van der Waals surface area contributed by atoms with Gasteiger partial charge in [-0.2, -0.15) is 5.10 Å². The van der Waals surface area contributed by atoms with Crippen molar-refractivity contribution in [3.63, 3.8) is 0 Å². The average Bonchev–Trinajstić information content (AvgIpc) is 3.33. The normalized spacial score (nSPS) is 14.6. The van der Waals surface area contributed by atoms with Crippen molar-refractivity contribution in [2.75, 3.05) is 30.5 Å². The summed E-state index contributed by atoms with van der Waals surface area (Å²) < 4.78 is 30.1. The molecule has 0 unspecified atom stereocenters. The maximum Gasteiger partial charge on any atom is 0.269 e. The number of aromatic nitrogens is 4. The zero-order valence-corrected chi connectivity index (χ0v) is 21.2. The predicted octanol–water partition coefficient (Wildman–Crippen LogP) is 2.67. The molecule has 1 fully saturated rings. The van der Waals surface area contributed by atoms with Gasteiger partial charge < -0.3 is 21.5 Å². The number of anilines is 2. The average molecular weight is 522 g/mol. The molecule has 0 radical (unpaired) electrons. The molecule has 0 spiro atoms. The Hall–Kier alpha value is -4.03. The van der Waals surface area contributed by atoms with E-state index in [1.165, 1.54) is 6.07 Å². The Morgan fingerprint density at radius 2 is 1.92 bits per heavy atom. The van der Waals surface area contributed by atoms with Gasteiger partial charge in [0.15, 0.2) is 21.4 Å². The summed E-state index contributed by atoms with van der Waals surface area (Å²) in [6.07, 6.45) is 4.33. The minimum Gasteiger partial charge on any atom is -0.395 e. The fraction of sp³-hybridized carbons (Fsp3) is 0.280. The molecule has 37 heavy (non-hydrogen) atoms. The molecule has 5 rings (SSSR count). The lowest BCUT2D eigenvalue weighted by Gasteiger charge is -2.25. The first-order chi connectivity index (χ1) is 17.6. The van der Waals surface area contributed by atoms with Crippen LogP contribution in [0.3, 0.4) is 0 Å². The van der Waals surface area contributed by atoms with Crippen LogP contribution in [-0.2, 0) is 14.6 Å². The van der Waals surface area contributed by atoms with Crippen LogP contribution in [-0.4, -0.2) is 60.0 Å². The van der Waals surface area contributed by atoms with E-state index in [0.29, 0.717) is 35.7 Å². The van der Waals surface area contributed by atoms with E-state index in [2.05, 4.69) is 20.5 Å². The number of amides is 1. The molecule has 0 bridgehead atoms. The van der Waals surface area contributed by atoms with Crippen LogP contribution in [0.5, 0.6) is 0 Å². The van der Waals surface area contributed by atoms with Crippen LogP contribution in [0.25, 0.3) is 33.5 Å². The van der Waals surface area contributed by atoms with Crippen molar-refractivity contribution in [1.82, 2.24) is 20.2 Å². The largest absolute Gasteiger partial charge is 0.395 e. The van der Waals surface area contributed by atoms with E-state index >= 15 is 0 Å². The molecule has 2 aromatic heterocycles. The number of benzene rings is 2. The van der Waals surface area contributed by atoms with Gasteiger partial charge in [-0.15, -0.1) is 0 Å². The molecule has 6 N–H and O–H groups in total. The molecule has 1 saturated heterocycles. The van der Waals surface area contributed by atoms with Gasteiger partial charge in [0.1, 0.15) is 0 Å². The van der Waals surface area contributed by atoms with Crippen molar-refractivity contribution in [3.8, 4) is 22.6 Å². The number of carbonyl (C=O) groups is 1. The van der Waals surface area contributed by atoms with Gasteiger partial charge in [0.2, 0.25) is 0 Å². The number of hydrogen-bond acceptors (Lipinski definition) is 9. The standard InChI is InChI=1S/C25H27N7O4S/c1-13-3-6-18-17(12-28-32-18)20(13)22-21(26)23(24(27)33)31-25(30-22)16-5-4-15(37(2,34)35)11-19(16)29-14-7-9-36-10-8-14/h3-6,11-12,14,29H,7-10,26H2,1-2H3,(H2,27,33)(H,28,32). The summed E-state index contributed by atoms with van der Waals surface area (Å²) in [5, 5.41) is 11.3. The quantitative estimate of drug-likeness (QED) is 0.297. The number of aromatic amines is 1. The van der Waals surface area contributed by atoms with E-state index in [9.17, 15) is 13.2 Å². The second kappa shape index (κ2) is 9.45. The van der Waals surface area contributed by atoms with Gasteiger partial charge in [-0.25, -0.2) is 18.4 Å². The molecule has 1 amide bonds. The van der Waals surface area contributed by atoms with Crippen molar-refractivity contribution in [1.29, 1.82) is 0 Å². The van der Waals surface area contributed by atoms with Crippen molar-refractivity contribution in [2.45, 2.75) is 30.7 Å². The van der Waals surface area contributed by atoms with Crippen LogP contribution in [0.4, 0.5) is 11.4 Å². The van der Waals surface area contributed by atoms with E-state index in [0.717, 1.165) is 35.6 Å². The van der Waals surface area contributed by atoms with Gasteiger partial charge in [0.25, 0.3) is 5.91 Å². The molecule has 3 heterocycles. The number of fused-ring (bicyclic) bond motifs is 1. The molecule has 1 aliphatic rings. The van der Waals surface area contributed by atoms with E-state index in [1.54, 1.807) is 18.3 Å². The highest BCUT2D eigenvalue weighted by atomic mass is 32.2. The molecule has 4 aromatic rings. The Kier molecular flexibility index (Phi) is 6.30. The Balaban J connectivity index is 1.74. The number of nitrogen functional groups attached to an aromatic ring is 1. The number of nitrogens with zero attached hydrogens (tertiary/aromatic N) is 3. The monoisotopic (exact) mass is 521 g/mol. The Bertz CT molecular complexity index is 1630. The Morgan fingerprint density at radius 3 is 2.62 bits per heavy atom. The second-order valence-corrected chi connectivity index (χ2v) is 11.1.